The third-order valence-electron chi connectivity index (χ3n) is 5.52. The minimum Gasteiger partial charge on any atom is -0.458 e. The van der Waals surface area contributed by atoms with Crippen LogP contribution in [0, 0.1) is 22.7 Å². The second-order valence-corrected chi connectivity index (χ2v) is 7.00. The summed E-state index contributed by atoms with van der Waals surface area (Å²) < 4.78 is 5.56. The zero-order chi connectivity index (χ0) is 15.1. The van der Waals surface area contributed by atoms with E-state index >= 15 is 0 Å². The molecule has 0 aromatic carbocycles. The molecule has 21 heavy (non-hydrogen) atoms. The van der Waals surface area contributed by atoms with Crippen molar-refractivity contribution in [2.75, 3.05) is 13.1 Å². The Morgan fingerprint density at radius 2 is 1.90 bits per heavy atom. The standard InChI is InChI=1S/C16H22N2O3/c1-15(11-17)6-8-18(9-7-15)14(20)12-10-13(19)21-16(12)4-2-3-5-16/h12H,2-10H2,1H3. The minimum absolute atomic E-state index is 0.0581. The first-order chi connectivity index (χ1) is 9.98. The van der Waals surface area contributed by atoms with Gasteiger partial charge in [-0.15, -0.1) is 0 Å². The smallest absolute Gasteiger partial charge is 0.307 e. The zero-order valence-electron chi connectivity index (χ0n) is 12.6. The van der Waals surface area contributed by atoms with Gasteiger partial charge in [-0.05, 0) is 45.4 Å². The second-order valence-electron chi connectivity index (χ2n) is 7.00. The molecule has 5 heteroatoms. The van der Waals surface area contributed by atoms with Gasteiger partial charge in [0.25, 0.3) is 0 Å². The number of amides is 1. The molecule has 0 bridgehead atoms. The molecule has 5 nitrogen and oxygen atoms in total. The van der Waals surface area contributed by atoms with Crippen LogP contribution in [-0.2, 0) is 14.3 Å². The maximum Gasteiger partial charge on any atom is 0.307 e. The molecular formula is C16H22N2O3. The molecule has 114 valence electrons. The molecule has 2 saturated heterocycles. The van der Waals surface area contributed by atoms with Gasteiger partial charge in [0.1, 0.15) is 5.60 Å². The lowest BCUT2D eigenvalue weighted by Crippen LogP contribution is -2.48. The van der Waals surface area contributed by atoms with Crippen LogP contribution in [0.2, 0.25) is 0 Å². The number of piperidine rings is 1. The Hall–Kier alpha value is -1.57. The first-order valence-corrected chi connectivity index (χ1v) is 7.90. The molecule has 0 N–H and O–H groups in total. The number of nitrogens with zero attached hydrogens (tertiary/aromatic N) is 2. The van der Waals surface area contributed by atoms with Crippen LogP contribution in [0.15, 0.2) is 0 Å². The molecule has 2 heterocycles. The molecule has 3 fully saturated rings. The molecule has 1 unspecified atom stereocenters. The summed E-state index contributed by atoms with van der Waals surface area (Å²) in [6.45, 7) is 3.18. The molecule has 1 amide bonds. The Morgan fingerprint density at radius 3 is 2.48 bits per heavy atom. The number of likely N-dealkylation sites (tertiary alicyclic amines) is 1. The molecule has 0 aromatic rings. The summed E-state index contributed by atoms with van der Waals surface area (Å²) in [7, 11) is 0. The van der Waals surface area contributed by atoms with Gasteiger partial charge >= 0.3 is 5.97 Å². The fraction of sp³-hybridized carbons (Fsp3) is 0.812. The van der Waals surface area contributed by atoms with Gasteiger partial charge in [0.15, 0.2) is 0 Å². The molecule has 2 aliphatic heterocycles. The lowest BCUT2D eigenvalue weighted by Gasteiger charge is -2.38. The summed E-state index contributed by atoms with van der Waals surface area (Å²) in [6.07, 6.45) is 5.35. The third kappa shape index (κ3) is 2.41. The number of hydrogen-bond donors (Lipinski definition) is 0. The largest absolute Gasteiger partial charge is 0.458 e. The van der Waals surface area contributed by atoms with Gasteiger partial charge in [-0.25, -0.2) is 0 Å². The van der Waals surface area contributed by atoms with Crippen molar-refractivity contribution in [2.24, 2.45) is 11.3 Å². The van der Waals surface area contributed by atoms with Crippen LogP contribution in [0.25, 0.3) is 0 Å². The van der Waals surface area contributed by atoms with E-state index in [1.165, 1.54) is 0 Å². The highest BCUT2D eigenvalue weighted by Crippen LogP contribution is 2.46. The highest BCUT2D eigenvalue weighted by Gasteiger charge is 2.55. The summed E-state index contributed by atoms with van der Waals surface area (Å²) in [5.41, 5.74) is -0.839. The molecule has 0 radical (unpaired) electrons. The van der Waals surface area contributed by atoms with E-state index in [0.717, 1.165) is 25.7 Å². The van der Waals surface area contributed by atoms with Crippen molar-refractivity contribution in [3.8, 4) is 6.07 Å². The van der Waals surface area contributed by atoms with Gasteiger partial charge in [-0.1, -0.05) is 0 Å². The van der Waals surface area contributed by atoms with E-state index in [1.54, 1.807) is 0 Å². The van der Waals surface area contributed by atoms with Crippen molar-refractivity contribution < 1.29 is 14.3 Å². The molecule has 0 aromatic heterocycles. The van der Waals surface area contributed by atoms with Crippen LogP contribution in [0.1, 0.15) is 51.9 Å². The second kappa shape index (κ2) is 5.01. The van der Waals surface area contributed by atoms with E-state index in [1.807, 2.05) is 11.8 Å². The van der Waals surface area contributed by atoms with Crippen molar-refractivity contribution in [2.45, 2.75) is 57.5 Å². The predicted molar refractivity (Wildman–Crippen MR) is 74.9 cm³/mol. The predicted octanol–water partition coefficient (Wildman–Crippen LogP) is 2.01. The Bertz CT molecular complexity index is 494. The summed E-state index contributed by atoms with van der Waals surface area (Å²) in [4.78, 5) is 26.4. The van der Waals surface area contributed by atoms with Gasteiger partial charge < -0.3 is 9.64 Å². The van der Waals surface area contributed by atoms with E-state index in [4.69, 9.17) is 4.74 Å². The molecule has 3 rings (SSSR count). The van der Waals surface area contributed by atoms with Crippen LogP contribution < -0.4 is 0 Å². The van der Waals surface area contributed by atoms with Gasteiger partial charge in [0.05, 0.1) is 23.8 Å². The average molecular weight is 290 g/mol. The Kier molecular flexibility index (Phi) is 3.43. The van der Waals surface area contributed by atoms with Crippen molar-refractivity contribution in [3.05, 3.63) is 0 Å². The number of ether oxygens (including phenoxy) is 1. The normalized spacial score (nSPS) is 30.2. The molecule has 3 aliphatic rings. The summed E-state index contributed by atoms with van der Waals surface area (Å²) >= 11 is 0. The molecule has 1 spiro atoms. The topological polar surface area (TPSA) is 70.4 Å². The van der Waals surface area contributed by atoms with Crippen LogP contribution >= 0.6 is 0 Å². The maximum atomic E-state index is 12.8. The molecular weight excluding hydrogens is 268 g/mol. The van der Waals surface area contributed by atoms with E-state index < -0.39 is 5.60 Å². The van der Waals surface area contributed by atoms with E-state index in [-0.39, 0.29) is 29.6 Å². The minimum atomic E-state index is -0.524. The van der Waals surface area contributed by atoms with Crippen LogP contribution in [0.5, 0.6) is 0 Å². The summed E-state index contributed by atoms with van der Waals surface area (Å²) in [5.74, 6) is -0.476. The van der Waals surface area contributed by atoms with Gasteiger partial charge in [-0.3, -0.25) is 9.59 Å². The maximum absolute atomic E-state index is 12.8. The number of carbonyl (C=O) groups is 2. The Morgan fingerprint density at radius 1 is 1.29 bits per heavy atom. The average Bonchev–Trinajstić information content (AvgIpc) is 3.07. The van der Waals surface area contributed by atoms with Crippen molar-refractivity contribution in [1.29, 1.82) is 5.26 Å². The van der Waals surface area contributed by atoms with Crippen molar-refractivity contribution in [1.82, 2.24) is 4.90 Å². The van der Waals surface area contributed by atoms with Gasteiger partial charge in [0, 0.05) is 13.1 Å². The van der Waals surface area contributed by atoms with Crippen LogP contribution in [0.3, 0.4) is 0 Å². The lowest BCUT2D eigenvalue weighted by atomic mass is 9.80. The first kappa shape index (κ1) is 14.4. The first-order valence-electron chi connectivity index (χ1n) is 7.90. The monoisotopic (exact) mass is 290 g/mol. The van der Waals surface area contributed by atoms with E-state index in [2.05, 4.69) is 6.07 Å². The summed E-state index contributed by atoms with van der Waals surface area (Å²) in [5, 5.41) is 9.17. The van der Waals surface area contributed by atoms with Gasteiger partial charge in [0.2, 0.25) is 5.91 Å². The fourth-order valence-corrected chi connectivity index (χ4v) is 3.98. The van der Waals surface area contributed by atoms with E-state index in [0.29, 0.717) is 25.9 Å². The molecule has 1 saturated carbocycles. The highest BCUT2D eigenvalue weighted by molar-refractivity contribution is 5.88. The SMILES string of the molecule is CC1(C#N)CCN(C(=O)C2CC(=O)OC23CCCC3)CC1. The van der Waals surface area contributed by atoms with Crippen LogP contribution in [-0.4, -0.2) is 35.5 Å². The van der Waals surface area contributed by atoms with Crippen molar-refractivity contribution in [3.63, 3.8) is 0 Å². The summed E-state index contributed by atoms with van der Waals surface area (Å²) in [6, 6.07) is 2.35. The van der Waals surface area contributed by atoms with E-state index in [9.17, 15) is 14.9 Å². The Labute approximate surface area is 125 Å². The highest BCUT2D eigenvalue weighted by atomic mass is 16.6. The number of esters is 1. The lowest BCUT2D eigenvalue weighted by molar-refractivity contribution is -0.152. The number of nitriles is 1. The van der Waals surface area contributed by atoms with Crippen LogP contribution in [0.4, 0.5) is 0 Å². The fourth-order valence-electron chi connectivity index (χ4n) is 3.98. The number of rotatable bonds is 1. The number of carbonyl (C=O) groups excluding carboxylic acids is 2. The zero-order valence-corrected chi connectivity index (χ0v) is 12.6. The van der Waals surface area contributed by atoms with Gasteiger partial charge in [-0.2, -0.15) is 5.26 Å². The Balaban J connectivity index is 1.71. The number of hydrogen-bond acceptors (Lipinski definition) is 4. The third-order valence-corrected chi connectivity index (χ3v) is 5.52. The van der Waals surface area contributed by atoms with Crippen molar-refractivity contribution >= 4 is 11.9 Å². The quantitative estimate of drug-likeness (QED) is 0.693. The molecule has 1 aliphatic carbocycles. The molecule has 1 atom stereocenters.